The predicted octanol–water partition coefficient (Wildman–Crippen LogP) is -1.81. The normalized spacial score (nSPS) is 25.1. The molecular formula is C18H25N4O15P3. The molecule has 0 spiro atoms. The van der Waals surface area contributed by atoms with Crippen LogP contribution in [0, 0.1) is 0 Å². The van der Waals surface area contributed by atoms with Gasteiger partial charge in [0.1, 0.15) is 18.2 Å². The number of H-pyrrole nitrogens is 1. The van der Waals surface area contributed by atoms with Crippen LogP contribution in [-0.4, -0.2) is 71.0 Å². The SMILES string of the molecule is NC(Cc1ccccc1)C(=O)N[C@@H]1[C@H](O)[C@@H](COP(=O)(O)OP(=O)(O)OP(=O)(O)O)O[C@H]1n1ccc(=O)[nH]c1=O. The highest BCUT2D eigenvalue weighted by Gasteiger charge is 2.48. The van der Waals surface area contributed by atoms with Gasteiger partial charge in [-0.2, -0.15) is 8.62 Å². The standard InChI is InChI=1S/C18H25N4O15P3/c19-11(8-10-4-2-1-3-5-10)16(25)21-14-15(24)12(35-17(14)22-7-6-13(23)20-18(22)26)9-34-39(30,31)37-40(32,33)36-38(27,28)29/h1-7,11-12,14-15,17,24H,8-9,19H2,(H,21,25)(H,30,31)(H,32,33)(H,20,23,26)(H2,27,28,29)/t11?,12-,14-,15-,17-/m1/s1. The summed E-state index contributed by atoms with van der Waals surface area (Å²) < 4.78 is 52.4. The van der Waals surface area contributed by atoms with Gasteiger partial charge in [0.2, 0.25) is 5.91 Å². The first kappa shape index (κ1) is 32.2. The minimum atomic E-state index is -5.81. The van der Waals surface area contributed by atoms with E-state index in [1.807, 2.05) is 4.98 Å². The summed E-state index contributed by atoms with van der Waals surface area (Å²) in [5, 5.41) is 13.3. The van der Waals surface area contributed by atoms with Gasteiger partial charge in [0, 0.05) is 12.3 Å². The lowest BCUT2D eigenvalue weighted by Gasteiger charge is -2.24. The van der Waals surface area contributed by atoms with E-state index in [0.29, 0.717) is 0 Å². The predicted molar refractivity (Wildman–Crippen MR) is 131 cm³/mol. The van der Waals surface area contributed by atoms with Crippen LogP contribution in [0.2, 0.25) is 0 Å². The van der Waals surface area contributed by atoms with Crippen LogP contribution in [0.25, 0.3) is 0 Å². The number of amides is 1. The van der Waals surface area contributed by atoms with Crippen molar-refractivity contribution in [2.45, 2.75) is 36.9 Å². The van der Waals surface area contributed by atoms with E-state index in [9.17, 15) is 43.0 Å². The zero-order valence-electron chi connectivity index (χ0n) is 20.0. The molecule has 1 amide bonds. The second-order valence-electron chi connectivity index (χ2n) is 8.29. The molecule has 0 saturated carbocycles. The fourth-order valence-corrected chi connectivity index (χ4v) is 6.64. The number of aliphatic hydroxyl groups excluding tert-OH is 1. The van der Waals surface area contributed by atoms with Crippen molar-refractivity contribution < 1.29 is 61.1 Å². The number of aromatic nitrogens is 2. The third kappa shape index (κ3) is 9.09. The minimum Gasteiger partial charge on any atom is -0.388 e. The Labute approximate surface area is 223 Å². The lowest BCUT2D eigenvalue weighted by Crippen LogP contribution is -2.53. The van der Waals surface area contributed by atoms with Gasteiger partial charge in [0.15, 0.2) is 6.23 Å². The van der Waals surface area contributed by atoms with Gasteiger partial charge < -0.3 is 40.5 Å². The number of hydrogen-bond donors (Lipinski definition) is 8. The molecule has 7 atom stereocenters. The molecule has 19 nitrogen and oxygen atoms in total. The van der Waals surface area contributed by atoms with Gasteiger partial charge in [-0.1, -0.05) is 30.3 Å². The van der Waals surface area contributed by atoms with Crippen molar-refractivity contribution in [3.8, 4) is 0 Å². The van der Waals surface area contributed by atoms with Gasteiger partial charge in [0.05, 0.1) is 12.6 Å². The largest absolute Gasteiger partial charge is 0.490 e. The Kier molecular flexibility index (Phi) is 10.2. The van der Waals surface area contributed by atoms with E-state index in [1.54, 1.807) is 30.3 Å². The van der Waals surface area contributed by atoms with Gasteiger partial charge in [-0.05, 0) is 12.0 Å². The maximum atomic E-state index is 12.8. The third-order valence-corrected chi connectivity index (χ3v) is 9.06. The van der Waals surface area contributed by atoms with Crippen LogP contribution in [-0.2, 0) is 42.8 Å². The molecule has 222 valence electrons. The fourth-order valence-electron chi connectivity index (χ4n) is 3.61. The van der Waals surface area contributed by atoms with E-state index in [-0.39, 0.29) is 6.42 Å². The van der Waals surface area contributed by atoms with Crippen molar-refractivity contribution in [3.63, 3.8) is 0 Å². The molecule has 0 bridgehead atoms. The first-order valence-electron chi connectivity index (χ1n) is 11.0. The van der Waals surface area contributed by atoms with E-state index in [1.165, 1.54) is 0 Å². The molecule has 1 aliphatic rings. The van der Waals surface area contributed by atoms with Crippen LogP contribution in [0.15, 0.2) is 52.2 Å². The summed E-state index contributed by atoms with van der Waals surface area (Å²) in [5.74, 6) is -0.785. The maximum absolute atomic E-state index is 12.8. The van der Waals surface area contributed by atoms with Crippen LogP contribution >= 0.6 is 23.5 Å². The zero-order chi connectivity index (χ0) is 29.9. The van der Waals surface area contributed by atoms with Gasteiger partial charge in [-0.25, -0.2) is 18.5 Å². The molecule has 0 aliphatic carbocycles. The molecule has 3 unspecified atom stereocenters. The molecule has 22 heteroatoms. The second-order valence-corrected chi connectivity index (χ2v) is 12.7. The monoisotopic (exact) mass is 630 g/mol. The number of aromatic amines is 1. The lowest BCUT2D eigenvalue weighted by molar-refractivity contribution is -0.124. The van der Waals surface area contributed by atoms with Crippen molar-refractivity contribution in [2.75, 3.05) is 6.61 Å². The number of benzene rings is 1. The topological polar surface area (TPSA) is 299 Å². The maximum Gasteiger partial charge on any atom is 0.490 e. The van der Waals surface area contributed by atoms with Crippen LogP contribution in [0.4, 0.5) is 0 Å². The molecule has 1 aliphatic heterocycles. The number of ether oxygens (including phenoxy) is 1. The average molecular weight is 630 g/mol. The summed E-state index contributed by atoms with van der Waals surface area (Å²) in [7, 11) is -17.0. The lowest BCUT2D eigenvalue weighted by atomic mass is 10.0. The van der Waals surface area contributed by atoms with Crippen LogP contribution in [0.1, 0.15) is 11.8 Å². The highest BCUT2D eigenvalue weighted by molar-refractivity contribution is 7.66. The van der Waals surface area contributed by atoms with Crippen molar-refractivity contribution >= 4 is 29.4 Å². The number of nitrogens with two attached hydrogens (primary N) is 1. The Bertz CT molecular complexity index is 1460. The number of nitrogens with one attached hydrogen (secondary N) is 2. The van der Waals surface area contributed by atoms with Crippen LogP contribution in [0.3, 0.4) is 0 Å². The molecule has 0 radical (unpaired) electrons. The number of hydrogen-bond acceptors (Lipinski definition) is 12. The number of rotatable bonds is 12. The van der Waals surface area contributed by atoms with Crippen molar-refractivity contribution in [1.82, 2.24) is 14.9 Å². The quantitative estimate of drug-likeness (QED) is 0.120. The first-order valence-corrected chi connectivity index (χ1v) is 15.5. The highest BCUT2D eigenvalue weighted by Crippen LogP contribution is 2.66. The summed E-state index contributed by atoms with van der Waals surface area (Å²) >= 11 is 0. The summed E-state index contributed by atoms with van der Waals surface area (Å²) in [6, 6.07) is 7.03. The number of aliphatic hydroxyl groups is 1. The van der Waals surface area contributed by atoms with Crippen molar-refractivity contribution in [2.24, 2.45) is 5.73 Å². The van der Waals surface area contributed by atoms with Crippen LogP contribution in [0.5, 0.6) is 0 Å². The van der Waals surface area contributed by atoms with E-state index in [0.717, 1.165) is 22.4 Å². The fraction of sp³-hybridized carbons (Fsp3) is 0.389. The molecule has 3 rings (SSSR count). The molecule has 40 heavy (non-hydrogen) atoms. The summed E-state index contributed by atoms with van der Waals surface area (Å²) in [4.78, 5) is 74.8. The molecule has 2 aromatic rings. The van der Waals surface area contributed by atoms with Gasteiger partial charge in [-0.3, -0.25) is 23.7 Å². The van der Waals surface area contributed by atoms with E-state index < -0.39 is 77.8 Å². The van der Waals surface area contributed by atoms with Gasteiger partial charge in [0.25, 0.3) is 5.56 Å². The Balaban J connectivity index is 1.78. The third-order valence-electron chi connectivity index (χ3n) is 5.26. The number of phosphoric ester groups is 1. The molecule has 1 aromatic heterocycles. The Morgan fingerprint density at radius 2 is 1.73 bits per heavy atom. The van der Waals surface area contributed by atoms with E-state index in [2.05, 4.69) is 18.5 Å². The van der Waals surface area contributed by atoms with Gasteiger partial charge >= 0.3 is 29.2 Å². The van der Waals surface area contributed by atoms with Crippen molar-refractivity contribution in [3.05, 3.63) is 69.0 Å². The Hall–Kier alpha value is -2.34. The second kappa shape index (κ2) is 12.7. The molecule has 2 heterocycles. The molecule has 9 N–H and O–H groups in total. The summed E-state index contributed by atoms with van der Waals surface area (Å²) in [6.45, 7) is -1.08. The van der Waals surface area contributed by atoms with E-state index >= 15 is 0 Å². The van der Waals surface area contributed by atoms with Crippen LogP contribution < -0.4 is 22.3 Å². The van der Waals surface area contributed by atoms with E-state index in [4.69, 9.17) is 20.3 Å². The first-order chi connectivity index (χ1) is 18.5. The summed E-state index contributed by atoms with van der Waals surface area (Å²) in [5.41, 5.74) is 4.92. The summed E-state index contributed by atoms with van der Waals surface area (Å²) in [6.07, 6.45) is -3.84. The highest BCUT2D eigenvalue weighted by atomic mass is 31.3. The van der Waals surface area contributed by atoms with Gasteiger partial charge in [-0.15, -0.1) is 0 Å². The number of phosphoric acid groups is 3. The minimum absolute atomic E-state index is 0.0923. The zero-order valence-corrected chi connectivity index (χ0v) is 22.7. The van der Waals surface area contributed by atoms with Crippen molar-refractivity contribution in [1.29, 1.82) is 0 Å². The Morgan fingerprint density at radius 1 is 1.07 bits per heavy atom. The average Bonchev–Trinajstić information content (AvgIpc) is 3.11. The molecule has 1 aromatic carbocycles. The molecule has 1 saturated heterocycles. The smallest absolute Gasteiger partial charge is 0.388 e. The Morgan fingerprint density at radius 3 is 2.33 bits per heavy atom. The molecule has 1 fully saturated rings. The number of nitrogens with zero attached hydrogens (tertiary/aromatic N) is 1. The number of carbonyl (C=O) groups excluding carboxylic acids is 1. The molecular weight excluding hydrogens is 605 g/mol. The number of carbonyl (C=O) groups is 1.